The van der Waals surface area contributed by atoms with Crippen molar-refractivity contribution in [1.82, 2.24) is 14.8 Å². The maximum atomic E-state index is 11.9. The van der Waals surface area contributed by atoms with Crippen LogP contribution in [-0.4, -0.2) is 35.6 Å². The van der Waals surface area contributed by atoms with E-state index in [-0.39, 0.29) is 4.87 Å². The summed E-state index contributed by atoms with van der Waals surface area (Å²) in [7, 11) is 0. The van der Waals surface area contributed by atoms with Crippen molar-refractivity contribution in [3.05, 3.63) is 56.1 Å². The van der Waals surface area contributed by atoms with E-state index in [0.29, 0.717) is 6.04 Å². The highest BCUT2D eigenvalue weighted by atomic mass is 32.1. The second-order valence-electron chi connectivity index (χ2n) is 6.15. The van der Waals surface area contributed by atoms with Crippen LogP contribution in [0.15, 0.2) is 34.4 Å². The minimum absolute atomic E-state index is 0.154. The van der Waals surface area contributed by atoms with Gasteiger partial charge in [-0.2, -0.15) is 0 Å². The minimum atomic E-state index is 0.154. The van der Waals surface area contributed by atoms with Crippen molar-refractivity contribution in [1.29, 1.82) is 0 Å². The Balaban J connectivity index is 1.72. The Morgan fingerprint density at radius 3 is 2.70 bits per heavy atom. The number of aryl methyl sites for hydroxylation is 2. The van der Waals surface area contributed by atoms with Gasteiger partial charge < -0.3 is 9.88 Å². The van der Waals surface area contributed by atoms with Crippen molar-refractivity contribution in [2.24, 2.45) is 0 Å². The van der Waals surface area contributed by atoms with Crippen molar-refractivity contribution >= 4 is 11.3 Å². The van der Waals surface area contributed by atoms with E-state index < -0.39 is 0 Å². The Hall–Kier alpha value is -1.43. The molecule has 0 aliphatic carbocycles. The molecule has 2 aromatic rings. The number of aromatic nitrogens is 1. The van der Waals surface area contributed by atoms with Gasteiger partial charge in [-0.3, -0.25) is 9.69 Å². The smallest absolute Gasteiger partial charge is 0.307 e. The highest BCUT2D eigenvalue weighted by Gasteiger charge is 2.23. The van der Waals surface area contributed by atoms with E-state index in [9.17, 15) is 4.79 Å². The number of piperazine rings is 1. The summed E-state index contributed by atoms with van der Waals surface area (Å²) in [5, 5.41) is 5.45. The largest absolute Gasteiger partial charge is 0.314 e. The maximum Gasteiger partial charge on any atom is 0.307 e. The third-order valence-corrected chi connectivity index (χ3v) is 5.60. The molecule has 0 amide bonds. The predicted octanol–water partition coefficient (Wildman–Crippen LogP) is 2.43. The van der Waals surface area contributed by atoms with Gasteiger partial charge in [0, 0.05) is 49.8 Å². The zero-order valence-corrected chi connectivity index (χ0v) is 14.7. The first-order chi connectivity index (χ1) is 11.2. The number of hydrogen-bond acceptors (Lipinski definition) is 4. The molecule has 0 bridgehead atoms. The Morgan fingerprint density at radius 1 is 1.26 bits per heavy atom. The molecular weight excluding hydrogens is 306 g/mol. The number of benzene rings is 1. The van der Waals surface area contributed by atoms with Crippen molar-refractivity contribution in [3.63, 3.8) is 0 Å². The number of rotatable bonds is 5. The van der Waals surface area contributed by atoms with Crippen LogP contribution in [0.25, 0.3) is 0 Å². The number of thiazole rings is 1. The van der Waals surface area contributed by atoms with E-state index in [1.807, 2.05) is 16.9 Å². The summed E-state index contributed by atoms with van der Waals surface area (Å²) < 4.78 is 1.89. The molecular formula is C18H25N3OS. The summed E-state index contributed by atoms with van der Waals surface area (Å²) in [5.74, 6) is 0. The van der Waals surface area contributed by atoms with Crippen LogP contribution in [0.2, 0.25) is 0 Å². The summed E-state index contributed by atoms with van der Waals surface area (Å²) in [6.45, 7) is 8.90. The molecule has 4 nitrogen and oxygen atoms in total. The van der Waals surface area contributed by atoms with Gasteiger partial charge in [-0.1, -0.05) is 42.5 Å². The minimum Gasteiger partial charge on any atom is -0.314 e. The Bertz CT molecular complexity index is 689. The molecule has 0 radical (unpaired) electrons. The summed E-state index contributed by atoms with van der Waals surface area (Å²) in [5.41, 5.74) is 3.81. The molecule has 124 valence electrons. The summed E-state index contributed by atoms with van der Waals surface area (Å²) in [6, 6.07) is 9.37. The molecule has 0 spiro atoms. The fourth-order valence-electron chi connectivity index (χ4n) is 3.22. The Morgan fingerprint density at radius 2 is 2.04 bits per heavy atom. The zero-order valence-electron chi connectivity index (χ0n) is 13.9. The Kier molecular flexibility index (Phi) is 5.30. The van der Waals surface area contributed by atoms with Gasteiger partial charge in [0.1, 0.15) is 0 Å². The summed E-state index contributed by atoms with van der Waals surface area (Å²) in [6.07, 6.45) is 1.08. The van der Waals surface area contributed by atoms with Gasteiger partial charge in [0.15, 0.2) is 0 Å². The van der Waals surface area contributed by atoms with Crippen LogP contribution in [0.1, 0.15) is 29.8 Å². The van der Waals surface area contributed by atoms with Crippen LogP contribution < -0.4 is 10.2 Å². The normalized spacial score (nSPS) is 19.1. The molecule has 1 N–H and O–H groups in total. The molecule has 1 fully saturated rings. The van der Waals surface area contributed by atoms with Crippen LogP contribution in [0.4, 0.5) is 0 Å². The molecule has 5 heteroatoms. The van der Waals surface area contributed by atoms with Crippen LogP contribution >= 0.6 is 11.3 Å². The summed E-state index contributed by atoms with van der Waals surface area (Å²) in [4.78, 5) is 14.5. The third-order valence-electron chi connectivity index (χ3n) is 4.71. The first kappa shape index (κ1) is 16.4. The second-order valence-corrected chi connectivity index (χ2v) is 6.97. The maximum absolute atomic E-state index is 11.9. The van der Waals surface area contributed by atoms with Gasteiger partial charge >= 0.3 is 4.87 Å². The van der Waals surface area contributed by atoms with Gasteiger partial charge in [0.05, 0.1) is 0 Å². The predicted molar refractivity (Wildman–Crippen MR) is 96.3 cm³/mol. The molecule has 3 rings (SSSR count). The second kappa shape index (κ2) is 7.43. The average Bonchev–Trinajstić information content (AvgIpc) is 2.92. The molecule has 1 aliphatic heterocycles. The van der Waals surface area contributed by atoms with Gasteiger partial charge in [-0.15, -0.1) is 0 Å². The van der Waals surface area contributed by atoms with Crippen LogP contribution in [0, 0.1) is 6.92 Å². The Labute approximate surface area is 141 Å². The van der Waals surface area contributed by atoms with Gasteiger partial charge in [-0.25, -0.2) is 0 Å². The quantitative estimate of drug-likeness (QED) is 0.914. The first-order valence-corrected chi connectivity index (χ1v) is 9.25. The van der Waals surface area contributed by atoms with Crippen LogP contribution in [-0.2, 0) is 13.0 Å². The van der Waals surface area contributed by atoms with Crippen molar-refractivity contribution in [2.75, 3.05) is 26.2 Å². The highest BCUT2D eigenvalue weighted by Crippen LogP contribution is 2.22. The van der Waals surface area contributed by atoms with Crippen molar-refractivity contribution < 1.29 is 0 Å². The molecule has 0 saturated carbocycles. The van der Waals surface area contributed by atoms with Gasteiger partial charge in [0.25, 0.3) is 0 Å². The van der Waals surface area contributed by atoms with E-state index in [1.54, 1.807) is 0 Å². The lowest BCUT2D eigenvalue weighted by molar-refractivity contribution is 0.155. The van der Waals surface area contributed by atoms with Crippen molar-refractivity contribution in [3.8, 4) is 0 Å². The highest BCUT2D eigenvalue weighted by molar-refractivity contribution is 7.07. The molecule has 1 unspecified atom stereocenters. The molecule has 1 aromatic heterocycles. The van der Waals surface area contributed by atoms with E-state index in [0.717, 1.165) is 44.8 Å². The van der Waals surface area contributed by atoms with Crippen LogP contribution in [0.5, 0.6) is 0 Å². The lowest BCUT2D eigenvalue weighted by Gasteiger charge is -2.36. The lowest BCUT2D eigenvalue weighted by Crippen LogP contribution is -2.47. The van der Waals surface area contributed by atoms with Crippen molar-refractivity contribution in [2.45, 2.75) is 32.9 Å². The monoisotopic (exact) mass is 331 g/mol. The molecule has 1 aromatic carbocycles. The molecule has 2 heterocycles. The van der Waals surface area contributed by atoms with Crippen LogP contribution in [0.3, 0.4) is 0 Å². The third kappa shape index (κ3) is 3.74. The fourth-order valence-corrected chi connectivity index (χ4v) is 3.98. The van der Waals surface area contributed by atoms with E-state index in [4.69, 9.17) is 0 Å². The molecule has 1 saturated heterocycles. The van der Waals surface area contributed by atoms with Gasteiger partial charge in [0.2, 0.25) is 0 Å². The summed E-state index contributed by atoms with van der Waals surface area (Å²) >= 11 is 1.30. The molecule has 23 heavy (non-hydrogen) atoms. The zero-order chi connectivity index (χ0) is 16.2. The molecule has 1 aliphatic rings. The van der Waals surface area contributed by atoms with Gasteiger partial charge in [-0.05, 0) is 24.5 Å². The lowest BCUT2D eigenvalue weighted by atomic mass is 10.0. The topological polar surface area (TPSA) is 37.3 Å². The SMILES string of the molecule is CCc1ccc(C2CNCCN2CCn2c(C)csc2=O)cc1. The number of nitrogens with zero attached hydrogens (tertiary/aromatic N) is 2. The number of nitrogens with one attached hydrogen (secondary N) is 1. The number of hydrogen-bond donors (Lipinski definition) is 1. The molecule has 1 atom stereocenters. The fraction of sp³-hybridized carbons (Fsp3) is 0.500. The standard InChI is InChI=1S/C18H25N3OS/c1-3-15-4-6-16(7-5-15)17-12-19-8-9-20(17)10-11-21-14(2)13-23-18(21)22/h4-7,13,17,19H,3,8-12H2,1-2H3. The first-order valence-electron chi connectivity index (χ1n) is 8.37. The van der Waals surface area contributed by atoms with E-state index in [1.165, 1.54) is 22.5 Å². The van der Waals surface area contributed by atoms with E-state index in [2.05, 4.69) is 41.4 Å². The average molecular weight is 331 g/mol. The van der Waals surface area contributed by atoms with E-state index >= 15 is 0 Å².